The number of carbonyl (C=O) groups excluding carboxylic acids is 2. The summed E-state index contributed by atoms with van der Waals surface area (Å²) >= 11 is 1.60. The van der Waals surface area contributed by atoms with E-state index in [2.05, 4.69) is 27.7 Å². The number of hydrogen-bond donors (Lipinski definition) is 3. The molecule has 210 valence electrons. The summed E-state index contributed by atoms with van der Waals surface area (Å²) in [6.45, 7) is 4.22. The highest BCUT2D eigenvalue weighted by atomic mass is 32.2. The Balaban J connectivity index is 1.53. The Bertz CT molecular complexity index is 1320. The number of nitrogens with zero attached hydrogens (tertiary/aromatic N) is 2. The van der Waals surface area contributed by atoms with Crippen molar-refractivity contribution < 1.29 is 19.4 Å². The zero-order valence-corrected chi connectivity index (χ0v) is 23.7. The number of hydrazone groups is 1. The highest BCUT2D eigenvalue weighted by Gasteiger charge is 2.20. The van der Waals surface area contributed by atoms with Gasteiger partial charge in [-0.2, -0.15) is 16.9 Å². The van der Waals surface area contributed by atoms with E-state index in [1.807, 2.05) is 54.6 Å². The molecule has 2 amide bonds. The van der Waals surface area contributed by atoms with Crippen LogP contribution in [0.2, 0.25) is 0 Å². The number of hydrogen-bond acceptors (Lipinski definition) is 7. The summed E-state index contributed by atoms with van der Waals surface area (Å²) in [5, 5.41) is 16.1. The first-order valence-electron chi connectivity index (χ1n) is 13.4. The number of benzene rings is 3. The van der Waals surface area contributed by atoms with Gasteiger partial charge >= 0.3 is 0 Å². The van der Waals surface area contributed by atoms with Crippen LogP contribution in [0.5, 0.6) is 5.75 Å². The van der Waals surface area contributed by atoms with Crippen LogP contribution in [0.3, 0.4) is 0 Å². The van der Waals surface area contributed by atoms with E-state index in [1.165, 1.54) is 0 Å². The fourth-order valence-corrected chi connectivity index (χ4v) is 5.15. The number of ether oxygens (including phenoxy) is 1. The minimum absolute atomic E-state index is 0.117. The molecule has 0 radical (unpaired) electrons. The van der Waals surface area contributed by atoms with Crippen LogP contribution in [0.1, 0.15) is 51.6 Å². The van der Waals surface area contributed by atoms with Crippen LogP contribution in [-0.4, -0.2) is 55.7 Å². The molecule has 3 N–H and O–H groups in total. The summed E-state index contributed by atoms with van der Waals surface area (Å²) < 4.78 is 5.18. The van der Waals surface area contributed by atoms with E-state index in [0.717, 1.165) is 48.5 Å². The third kappa shape index (κ3) is 8.09. The first kappa shape index (κ1) is 29.2. The van der Waals surface area contributed by atoms with Crippen molar-refractivity contribution in [2.24, 2.45) is 11.0 Å². The maximum Gasteiger partial charge on any atom is 0.273 e. The lowest BCUT2D eigenvalue weighted by Gasteiger charge is -2.32. The number of rotatable bonds is 11. The average molecular weight is 561 g/mol. The van der Waals surface area contributed by atoms with Gasteiger partial charge in [0.1, 0.15) is 5.75 Å². The van der Waals surface area contributed by atoms with Crippen molar-refractivity contribution in [3.8, 4) is 5.75 Å². The van der Waals surface area contributed by atoms with E-state index in [0.29, 0.717) is 34.2 Å². The smallest absolute Gasteiger partial charge is 0.273 e. The molecule has 3 aromatic rings. The maximum atomic E-state index is 13.3. The van der Waals surface area contributed by atoms with Gasteiger partial charge in [-0.15, -0.1) is 0 Å². The van der Waals surface area contributed by atoms with Crippen molar-refractivity contribution in [1.82, 2.24) is 5.43 Å². The van der Waals surface area contributed by atoms with Crippen LogP contribution >= 0.6 is 11.8 Å². The molecule has 1 saturated heterocycles. The average Bonchev–Trinajstić information content (AvgIpc) is 2.98. The van der Waals surface area contributed by atoms with Crippen molar-refractivity contribution in [1.29, 1.82) is 0 Å². The fraction of sp³-hybridized carbons (Fsp3) is 0.323. The lowest BCUT2D eigenvalue weighted by molar-refractivity contribution is 0.0956. The molecule has 0 aliphatic carbocycles. The molecule has 0 saturated carbocycles. The zero-order chi connectivity index (χ0) is 28.3. The van der Waals surface area contributed by atoms with Gasteiger partial charge < -0.3 is 20.1 Å². The van der Waals surface area contributed by atoms with Crippen molar-refractivity contribution >= 4 is 41.2 Å². The molecule has 40 heavy (non-hydrogen) atoms. The summed E-state index contributed by atoms with van der Waals surface area (Å²) in [7, 11) is 1.60. The molecule has 0 spiro atoms. The third-order valence-corrected chi connectivity index (χ3v) is 7.84. The minimum atomic E-state index is -0.415. The molecule has 0 atom stereocenters. The number of carbonyl (C=O) groups is 2. The Hall–Kier alpha value is -3.82. The highest BCUT2D eigenvalue weighted by molar-refractivity contribution is 7.98. The number of aliphatic hydroxyl groups is 1. The lowest BCUT2D eigenvalue weighted by Crippen LogP contribution is -2.33. The van der Waals surface area contributed by atoms with Crippen molar-refractivity contribution in [3.05, 3.63) is 89.0 Å². The molecule has 9 heteroatoms. The quantitative estimate of drug-likeness (QED) is 0.170. The van der Waals surface area contributed by atoms with Crippen LogP contribution < -0.4 is 20.4 Å². The molecule has 4 rings (SSSR count). The minimum Gasteiger partial charge on any atom is -0.497 e. The van der Waals surface area contributed by atoms with Crippen LogP contribution in [0.25, 0.3) is 0 Å². The van der Waals surface area contributed by atoms with Crippen LogP contribution in [0, 0.1) is 5.92 Å². The van der Waals surface area contributed by atoms with Gasteiger partial charge in [0.2, 0.25) is 0 Å². The first-order chi connectivity index (χ1) is 19.5. The van der Waals surface area contributed by atoms with E-state index >= 15 is 0 Å². The highest BCUT2D eigenvalue weighted by Crippen LogP contribution is 2.28. The van der Waals surface area contributed by atoms with Crippen LogP contribution in [0.4, 0.5) is 11.4 Å². The van der Waals surface area contributed by atoms with Crippen LogP contribution in [-0.2, 0) is 5.75 Å². The summed E-state index contributed by atoms with van der Waals surface area (Å²) in [5.74, 6) is 2.04. The molecule has 0 unspecified atom stereocenters. The van der Waals surface area contributed by atoms with Gasteiger partial charge in [0, 0.05) is 35.8 Å². The number of anilines is 2. The number of aliphatic hydroxyl groups excluding tert-OH is 1. The van der Waals surface area contributed by atoms with E-state index in [4.69, 9.17) is 9.84 Å². The topological polar surface area (TPSA) is 103 Å². The molecule has 0 aromatic heterocycles. The van der Waals surface area contributed by atoms with Gasteiger partial charge in [-0.3, -0.25) is 9.59 Å². The molecule has 0 bridgehead atoms. The summed E-state index contributed by atoms with van der Waals surface area (Å²) in [6.07, 6.45) is 3.75. The van der Waals surface area contributed by atoms with E-state index in [-0.39, 0.29) is 12.5 Å². The molecule has 1 aliphatic rings. The second-order valence-corrected chi connectivity index (χ2v) is 10.9. The zero-order valence-electron chi connectivity index (χ0n) is 22.9. The predicted molar refractivity (Wildman–Crippen MR) is 163 cm³/mol. The van der Waals surface area contributed by atoms with Gasteiger partial charge in [-0.05, 0) is 84.5 Å². The second-order valence-electron chi connectivity index (χ2n) is 9.80. The summed E-state index contributed by atoms with van der Waals surface area (Å²) in [4.78, 5) is 28.8. The largest absolute Gasteiger partial charge is 0.497 e. The third-order valence-electron chi connectivity index (χ3n) is 6.83. The monoisotopic (exact) mass is 560 g/mol. The van der Waals surface area contributed by atoms with Crippen LogP contribution in [0.15, 0.2) is 71.8 Å². The normalized spacial score (nSPS) is 13.8. The Kier molecular flexibility index (Phi) is 10.6. The van der Waals surface area contributed by atoms with E-state index in [1.54, 1.807) is 37.2 Å². The number of amides is 2. The SMILES string of the molecule is COc1ccc(C=NNC(=O)c2cc(N3CCC(C)CC3)ccc2NC(=O)c2cccc(CSCCO)c2)cc1. The maximum absolute atomic E-state index is 13.3. The van der Waals surface area contributed by atoms with Gasteiger partial charge in [0.05, 0.1) is 31.2 Å². The van der Waals surface area contributed by atoms with Gasteiger partial charge in [-0.25, -0.2) is 5.43 Å². The Morgan fingerprint density at radius 1 is 1.07 bits per heavy atom. The number of nitrogens with one attached hydrogen (secondary N) is 2. The number of methoxy groups -OCH3 is 1. The standard InChI is InChI=1S/C31H36N4O4S/c1-22-12-14-35(15-13-22)26-8-11-29(33-30(37)25-5-3-4-24(18-25)21-40-17-16-36)28(19-26)31(38)34-32-20-23-6-9-27(39-2)10-7-23/h3-11,18-20,22,36H,12-17,21H2,1-2H3,(H,33,37)(H,34,38). The summed E-state index contributed by atoms with van der Waals surface area (Å²) in [6, 6.07) is 20.3. The van der Waals surface area contributed by atoms with Crippen molar-refractivity contribution in [2.75, 3.05) is 42.8 Å². The molecular formula is C31H36N4O4S. The Morgan fingerprint density at radius 2 is 1.85 bits per heavy atom. The van der Waals surface area contributed by atoms with Gasteiger partial charge in [-0.1, -0.05) is 19.1 Å². The van der Waals surface area contributed by atoms with Gasteiger partial charge in [0.15, 0.2) is 0 Å². The van der Waals surface area contributed by atoms with Crippen molar-refractivity contribution in [2.45, 2.75) is 25.5 Å². The Morgan fingerprint density at radius 3 is 2.58 bits per heavy atom. The van der Waals surface area contributed by atoms with E-state index in [9.17, 15) is 9.59 Å². The van der Waals surface area contributed by atoms with Crippen molar-refractivity contribution in [3.63, 3.8) is 0 Å². The summed E-state index contributed by atoms with van der Waals surface area (Å²) in [5.41, 5.74) is 6.61. The fourth-order valence-electron chi connectivity index (χ4n) is 4.46. The Labute approximate surface area is 239 Å². The molecular weight excluding hydrogens is 524 g/mol. The number of piperidine rings is 1. The molecule has 1 heterocycles. The molecule has 3 aromatic carbocycles. The van der Waals surface area contributed by atoms with E-state index < -0.39 is 5.91 Å². The first-order valence-corrected chi connectivity index (χ1v) is 14.6. The molecule has 1 aliphatic heterocycles. The second kappa shape index (κ2) is 14.5. The molecule has 8 nitrogen and oxygen atoms in total. The lowest BCUT2D eigenvalue weighted by atomic mass is 9.98. The number of thioether (sulfide) groups is 1. The van der Waals surface area contributed by atoms with Gasteiger partial charge in [0.25, 0.3) is 11.8 Å². The predicted octanol–water partition coefficient (Wildman–Crippen LogP) is 5.17. The molecule has 1 fully saturated rings.